The second kappa shape index (κ2) is 6.18. The van der Waals surface area contributed by atoms with Crippen molar-refractivity contribution in [3.8, 4) is 0 Å². The summed E-state index contributed by atoms with van der Waals surface area (Å²) in [6.07, 6.45) is 1.60. The molecule has 2 aromatic rings. The van der Waals surface area contributed by atoms with Crippen molar-refractivity contribution < 1.29 is 9.53 Å². The minimum atomic E-state index is -0.472. The molecule has 0 spiro atoms. The summed E-state index contributed by atoms with van der Waals surface area (Å²) in [5.74, 6) is 1.46. The Morgan fingerprint density at radius 1 is 1.25 bits per heavy atom. The van der Waals surface area contributed by atoms with Gasteiger partial charge in [-0.1, -0.05) is 0 Å². The van der Waals surface area contributed by atoms with Crippen LogP contribution in [-0.2, 0) is 4.74 Å². The quantitative estimate of drug-likeness (QED) is 0.875. The summed E-state index contributed by atoms with van der Waals surface area (Å²) in [4.78, 5) is 28.2. The summed E-state index contributed by atoms with van der Waals surface area (Å²) in [7, 11) is 1.80. The lowest BCUT2D eigenvalue weighted by molar-refractivity contribution is 0.0240. The Hall–Kier alpha value is -2.51. The third kappa shape index (κ3) is 3.37. The maximum Gasteiger partial charge on any atom is 0.410 e. The van der Waals surface area contributed by atoms with E-state index >= 15 is 0 Å². The van der Waals surface area contributed by atoms with E-state index in [4.69, 9.17) is 4.74 Å². The van der Waals surface area contributed by atoms with Crippen molar-refractivity contribution in [2.45, 2.75) is 26.4 Å². The predicted molar refractivity (Wildman–Crippen MR) is 93.5 cm³/mol. The highest BCUT2D eigenvalue weighted by Gasteiger charge is 2.27. The Bertz CT molecular complexity index is 728. The van der Waals surface area contributed by atoms with Crippen LogP contribution in [0, 0.1) is 0 Å². The number of carbonyl (C=O) groups is 1. The van der Waals surface area contributed by atoms with E-state index in [1.807, 2.05) is 33.0 Å². The summed E-state index contributed by atoms with van der Waals surface area (Å²) in [6.45, 7) is 8.27. The van der Waals surface area contributed by atoms with Crippen molar-refractivity contribution in [3.05, 3.63) is 12.3 Å². The molecule has 24 heavy (non-hydrogen) atoms. The fourth-order valence-electron chi connectivity index (χ4n) is 2.71. The van der Waals surface area contributed by atoms with Gasteiger partial charge in [0, 0.05) is 39.4 Å². The molecule has 1 fully saturated rings. The molecule has 0 saturated carbocycles. The number of rotatable bonds is 2. The van der Waals surface area contributed by atoms with E-state index in [0.717, 1.165) is 16.9 Å². The molecular weight excluding hydrogens is 308 g/mol. The topological polar surface area (TPSA) is 86.4 Å². The molecular formula is C16H24N6O2. The molecule has 130 valence electrons. The zero-order valence-electron chi connectivity index (χ0n) is 14.6. The molecule has 3 heterocycles. The Kier molecular flexibility index (Phi) is 4.21. The van der Waals surface area contributed by atoms with E-state index in [-0.39, 0.29) is 6.09 Å². The first-order chi connectivity index (χ1) is 11.4. The number of nitrogens with zero attached hydrogens (tertiary/aromatic N) is 4. The van der Waals surface area contributed by atoms with Crippen LogP contribution in [0.5, 0.6) is 0 Å². The molecule has 0 radical (unpaired) electrons. The van der Waals surface area contributed by atoms with Crippen molar-refractivity contribution in [3.63, 3.8) is 0 Å². The maximum atomic E-state index is 12.2. The van der Waals surface area contributed by atoms with Crippen LogP contribution >= 0.6 is 0 Å². The van der Waals surface area contributed by atoms with Crippen molar-refractivity contribution in [1.82, 2.24) is 19.9 Å². The van der Waals surface area contributed by atoms with Gasteiger partial charge < -0.3 is 24.8 Å². The van der Waals surface area contributed by atoms with Crippen molar-refractivity contribution in [1.29, 1.82) is 0 Å². The van der Waals surface area contributed by atoms with Crippen LogP contribution in [0.1, 0.15) is 20.8 Å². The van der Waals surface area contributed by atoms with Crippen molar-refractivity contribution in [2.75, 3.05) is 43.4 Å². The van der Waals surface area contributed by atoms with E-state index in [0.29, 0.717) is 32.1 Å². The summed E-state index contributed by atoms with van der Waals surface area (Å²) in [5, 5.41) is 3.97. The largest absolute Gasteiger partial charge is 0.444 e. The van der Waals surface area contributed by atoms with Gasteiger partial charge in [-0.05, 0) is 26.8 Å². The third-order valence-corrected chi connectivity index (χ3v) is 3.85. The first-order valence-electron chi connectivity index (χ1n) is 8.13. The molecule has 1 aliphatic heterocycles. The zero-order chi connectivity index (χ0) is 17.3. The number of carbonyl (C=O) groups excluding carboxylic acids is 1. The van der Waals surface area contributed by atoms with Gasteiger partial charge in [0.25, 0.3) is 0 Å². The number of H-pyrrole nitrogens is 1. The number of hydrogen-bond donors (Lipinski definition) is 2. The molecule has 0 unspecified atom stereocenters. The number of amides is 1. The first-order valence-corrected chi connectivity index (χ1v) is 8.13. The fourth-order valence-corrected chi connectivity index (χ4v) is 2.71. The average Bonchev–Trinajstić information content (AvgIpc) is 3.00. The summed E-state index contributed by atoms with van der Waals surface area (Å²) in [5.41, 5.74) is 0.332. The lowest BCUT2D eigenvalue weighted by Crippen LogP contribution is -2.50. The summed E-state index contributed by atoms with van der Waals surface area (Å²) < 4.78 is 5.44. The minimum absolute atomic E-state index is 0.257. The number of ether oxygens (including phenoxy) is 1. The molecule has 8 heteroatoms. The van der Waals surface area contributed by atoms with Gasteiger partial charge in [0.2, 0.25) is 5.95 Å². The molecule has 1 amide bonds. The van der Waals surface area contributed by atoms with Crippen LogP contribution in [0.2, 0.25) is 0 Å². The van der Waals surface area contributed by atoms with Gasteiger partial charge in [-0.25, -0.2) is 4.79 Å². The molecule has 1 saturated heterocycles. The van der Waals surface area contributed by atoms with Gasteiger partial charge >= 0.3 is 6.09 Å². The van der Waals surface area contributed by atoms with Crippen LogP contribution in [-0.4, -0.2) is 64.8 Å². The van der Waals surface area contributed by atoms with Crippen LogP contribution < -0.4 is 10.2 Å². The molecule has 0 aromatic carbocycles. The fraction of sp³-hybridized carbons (Fsp3) is 0.562. The normalized spacial score (nSPS) is 15.7. The van der Waals surface area contributed by atoms with Gasteiger partial charge in [0.1, 0.15) is 17.1 Å². The van der Waals surface area contributed by atoms with Crippen LogP contribution in [0.3, 0.4) is 0 Å². The van der Waals surface area contributed by atoms with Gasteiger partial charge in [0.15, 0.2) is 0 Å². The number of aromatic nitrogens is 3. The Morgan fingerprint density at radius 2 is 1.96 bits per heavy atom. The van der Waals surface area contributed by atoms with E-state index in [2.05, 4.69) is 25.2 Å². The van der Waals surface area contributed by atoms with Gasteiger partial charge in [0.05, 0.1) is 5.39 Å². The first kappa shape index (κ1) is 16.4. The third-order valence-electron chi connectivity index (χ3n) is 3.85. The molecule has 0 bridgehead atoms. The SMILES string of the molecule is CNc1nc(N2CCN(C(=O)OC(C)(C)C)CC2)c2cc[nH]c2n1. The number of hydrogen-bond acceptors (Lipinski definition) is 6. The molecule has 0 atom stereocenters. The molecule has 2 N–H and O–H groups in total. The second-order valence-corrected chi connectivity index (χ2v) is 6.82. The highest BCUT2D eigenvalue weighted by molar-refractivity contribution is 5.88. The van der Waals surface area contributed by atoms with E-state index < -0.39 is 5.60 Å². The van der Waals surface area contributed by atoms with E-state index in [9.17, 15) is 4.79 Å². The molecule has 1 aliphatic rings. The Morgan fingerprint density at radius 3 is 2.58 bits per heavy atom. The number of nitrogens with one attached hydrogen (secondary N) is 2. The molecule has 0 aliphatic carbocycles. The highest BCUT2D eigenvalue weighted by atomic mass is 16.6. The highest BCUT2D eigenvalue weighted by Crippen LogP contribution is 2.25. The Balaban J connectivity index is 1.73. The molecule has 8 nitrogen and oxygen atoms in total. The smallest absolute Gasteiger partial charge is 0.410 e. The van der Waals surface area contributed by atoms with E-state index in [1.165, 1.54) is 0 Å². The van der Waals surface area contributed by atoms with Gasteiger partial charge in [-0.3, -0.25) is 0 Å². The van der Waals surface area contributed by atoms with Crippen LogP contribution in [0.25, 0.3) is 11.0 Å². The maximum absolute atomic E-state index is 12.2. The lowest BCUT2D eigenvalue weighted by atomic mass is 10.2. The average molecular weight is 332 g/mol. The summed E-state index contributed by atoms with van der Waals surface area (Å²) >= 11 is 0. The van der Waals surface area contributed by atoms with Crippen LogP contribution in [0.4, 0.5) is 16.6 Å². The van der Waals surface area contributed by atoms with Gasteiger partial charge in [-0.15, -0.1) is 0 Å². The minimum Gasteiger partial charge on any atom is -0.444 e. The molecule has 2 aromatic heterocycles. The number of piperazine rings is 1. The van der Waals surface area contributed by atoms with E-state index in [1.54, 1.807) is 11.9 Å². The second-order valence-electron chi connectivity index (χ2n) is 6.82. The number of anilines is 2. The van der Waals surface area contributed by atoms with Crippen molar-refractivity contribution in [2.24, 2.45) is 0 Å². The standard InChI is InChI=1S/C16H24N6O2/c1-16(2,3)24-15(23)22-9-7-21(8-10-22)13-11-5-6-18-12(11)19-14(17-4)20-13/h5-6H,7-10H2,1-4H3,(H2,17,18,19,20). The van der Waals surface area contributed by atoms with Crippen LogP contribution in [0.15, 0.2) is 12.3 Å². The van der Waals surface area contributed by atoms with Gasteiger partial charge in [-0.2, -0.15) is 9.97 Å². The number of fused-ring (bicyclic) bond motifs is 1. The molecule has 3 rings (SSSR count). The predicted octanol–water partition coefficient (Wildman–Crippen LogP) is 2.06. The zero-order valence-corrected chi connectivity index (χ0v) is 14.6. The lowest BCUT2D eigenvalue weighted by Gasteiger charge is -2.36. The Labute approximate surface area is 141 Å². The van der Waals surface area contributed by atoms with Crippen molar-refractivity contribution >= 4 is 28.9 Å². The number of aromatic amines is 1. The monoisotopic (exact) mass is 332 g/mol. The summed E-state index contributed by atoms with van der Waals surface area (Å²) in [6, 6.07) is 1.98.